The van der Waals surface area contributed by atoms with Gasteiger partial charge in [0.25, 0.3) is 0 Å². The molecule has 0 bridgehead atoms. The molecule has 1 aliphatic heterocycles. The Balaban J connectivity index is 2.68. The van der Waals surface area contributed by atoms with Gasteiger partial charge in [-0.25, -0.2) is 4.79 Å². The summed E-state index contributed by atoms with van der Waals surface area (Å²) in [6.07, 6.45) is 0. The van der Waals surface area contributed by atoms with Crippen LogP contribution >= 0.6 is 27.5 Å². The second-order valence-corrected chi connectivity index (χ2v) is 3.79. The minimum atomic E-state index is -0.284. The van der Waals surface area contributed by atoms with Crippen molar-refractivity contribution >= 4 is 33.5 Å². The number of hydrogen-bond donors (Lipinski definition) is 0. The van der Waals surface area contributed by atoms with Crippen molar-refractivity contribution in [2.75, 3.05) is 0 Å². The Morgan fingerprint density at radius 3 is 3.00 bits per heavy atom. The third-order valence-electron chi connectivity index (χ3n) is 1.70. The second-order valence-electron chi connectivity index (χ2n) is 2.50. The van der Waals surface area contributed by atoms with Crippen LogP contribution in [-0.2, 0) is 11.3 Å². The summed E-state index contributed by atoms with van der Waals surface area (Å²) in [5.41, 5.74) is 1.44. The van der Waals surface area contributed by atoms with Gasteiger partial charge in [-0.1, -0.05) is 11.6 Å². The lowest BCUT2D eigenvalue weighted by molar-refractivity contribution is 0.0534. The van der Waals surface area contributed by atoms with Crippen molar-refractivity contribution in [3.63, 3.8) is 0 Å². The molecule has 1 aromatic rings. The number of esters is 1. The van der Waals surface area contributed by atoms with E-state index in [1.807, 2.05) is 0 Å². The van der Waals surface area contributed by atoms with E-state index in [-0.39, 0.29) is 5.97 Å². The maximum absolute atomic E-state index is 11.1. The van der Waals surface area contributed by atoms with E-state index < -0.39 is 0 Å². The van der Waals surface area contributed by atoms with Crippen molar-refractivity contribution in [2.24, 2.45) is 0 Å². The SMILES string of the molecule is O=C1OCc2cc(Cl)cc(Br)c21. The molecule has 0 aromatic heterocycles. The third-order valence-corrected chi connectivity index (χ3v) is 2.54. The van der Waals surface area contributed by atoms with Crippen molar-refractivity contribution in [3.05, 3.63) is 32.8 Å². The summed E-state index contributed by atoms with van der Waals surface area (Å²) in [7, 11) is 0. The Morgan fingerprint density at radius 2 is 2.25 bits per heavy atom. The molecule has 0 unspecified atom stereocenters. The highest BCUT2D eigenvalue weighted by atomic mass is 79.9. The smallest absolute Gasteiger partial charge is 0.340 e. The van der Waals surface area contributed by atoms with Gasteiger partial charge in [-0.15, -0.1) is 0 Å². The zero-order chi connectivity index (χ0) is 8.72. The number of carbonyl (C=O) groups is 1. The first-order valence-electron chi connectivity index (χ1n) is 3.33. The predicted octanol–water partition coefficient (Wildman–Crippen LogP) is 2.77. The van der Waals surface area contributed by atoms with Crippen LogP contribution in [0.3, 0.4) is 0 Å². The number of cyclic esters (lactones) is 1. The van der Waals surface area contributed by atoms with Gasteiger partial charge in [0.1, 0.15) is 6.61 Å². The van der Waals surface area contributed by atoms with Gasteiger partial charge in [-0.2, -0.15) is 0 Å². The zero-order valence-corrected chi connectivity index (χ0v) is 8.28. The summed E-state index contributed by atoms with van der Waals surface area (Å²) in [5.74, 6) is -0.284. The molecule has 0 saturated carbocycles. The molecule has 0 fully saturated rings. The Morgan fingerprint density at radius 1 is 1.50 bits per heavy atom. The number of fused-ring (bicyclic) bond motifs is 1. The van der Waals surface area contributed by atoms with Gasteiger partial charge in [0, 0.05) is 15.1 Å². The fourth-order valence-corrected chi connectivity index (χ4v) is 2.22. The summed E-state index contributed by atoms with van der Waals surface area (Å²) >= 11 is 9.03. The maximum atomic E-state index is 11.1. The average molecular weight is 247 g/mol. The molecule has 0 spiro atoms. The summed E-state index contributed by atoms with van der Waals surface area (Å²) in [6.45, 7) is 0.327. The van der Waals surface area contributed by atoms with E-state index >= 15 is 0 Å². The van der Waals surface area contributed by atoms with Crippen LogP contribution in [-0.4, -0.2) is 5.97 Å². The van der Waals surface area contributed by atoms with E-state index in [1.165, 1.54) is 0 Å². The Bertz CT molecular complexity index is 362. The largest absolute Gasteiger partial charge is 0.457 e. The molecule has 2 nitrogen and oxygen atoms in total. The highest BCUT2D eigenvalue weighted by molar-refractivity contribution is 9.10. The third kappa shape index (κ3) is 1.13. The lowest BCUT2D eigenvalue weighted by Crippen LogP contribution is -1.94. The summed E-state index contributed by atoms with van der Waals surface area (Å²) in [5, 5.41) is 0.610. The molecular weight excluding hydrogens is 243 g/mol. The molecule has 0 saturated heterocycles. The van der Waals surface area contributed by atoms with Crippen LogP contribution in [0.5, 0.6) is 0 Å². The molecule has 0 aliphatic carbocycles. The topological polar surface area (TPSA) is 26.3 Å². The predicted molar refractivity (Wildman–Crippen MR) is 48.3 cm³/mol. The first-order chi connectivity index (χ1) is 5.68. The number of halogens is 2. The maximum Gasteiger partial charge on any atom is 0.340 e. The Kier molecular flexibility index (Phi) is 1.85. The van der Waals surface area contributed by atoms with Gasteiger partial charge >= 0.3 is 5.97 Å². The second kappa shape index (κ2) is 2.75. The van der Waals surface area contributed by atoms with Gasteiger partial charge in [-0.05, 0) is 28.1 Å². The van der Waals surface area contributed by atoms with Crippen LogP contribution in [0.25, 0.3) is 0 Å². The minimum Gasteiger partial charge on any atom is -0.457 e. The summed E-state index contributed by atoms with van der Waals surface area (Å²) in [6, 6.07) is 3.43. The van der Waals surface area contributed by atoms with Crippen molar-refractivity contribution < 1.29 is 9.53 Å². The van der Waals surface area contributed by atoms with Crippen molar-refractivity contribution in [1.82, 2.24) is 0 Å². The highest BCUT2D eigenvalue weighted by Crippen LogP contribution is 2.30. The molecule has 62 valence electrons. The minimum absolute atomic E-state index is 0.284. The van der Waals surface area contributed by atoms with Crippen LogP contribution in [0.15, 0.2) is 16.6 Å². The van der Waals surface area contributed by atoms with Gasteiger partial charge in [0.2, 0.25) is 0 Å². The lowest BCUT2D eigenvalue weighted by Gasteiger charge is -1.97. The van der Waals surface area contributed by atoms with E-state index in [2.05, 4.69) is 15.9 Å². The number of hydrogen-bond acceptors (Lipinski definition) is 2. The van der Waals surface area contributed by atoms with Crippen LogP contribution < -0.4 is 0 Å². The molecule has 2 rings (SSSR count). The van der Waals surface area contributed by atoms with Gasteiger partial charge in [0.05, 0.1) is 5.56 Å². The quantitative estimate of drug-likeness (QED) is 0.659. The molecule has 4 heteroatoms. The number of ether oxygens (including phenoxy) is 1. The van der Waals surface area contributed by atoms with E-state index in [0.717, 1.165) is 5.56 Å². The normalized spacial score (nSPS) is 14.3. The van der Waals surface area contributed by atoms with Crippen molar-refractivity contribution in [2.45, 2.75) is 6.61 Å². The van der Waals surface area contributed by atoms with Crippen LogP contribution in [0.1, 0.15) is 15.9 Å². The van der Waals surface area contributed by atoms with Gasteiger partial charge in [0.15, 0.2) is 0 Å². The molecule has 12 heavy (non-hydrogen) atoms. The van der Waals surface area contributed by atoms with Crippen LogP contribution in [0.2, 0.25) is 5.02 Å². The molecule has 1 heterocycles. The fraction of sp³-hybridized carbons (Fsp3) is 0.125. The lowest BCUT2D eigenvalue weighted by atomic mass is 10.1. The summed E-state index contributed by atoms with van der Waals surface area (Å²) in [4.78, 5) is 11.1. The van der Waals surface area contributed by atoms with E-state index in [1.54, 1.807) is 12.1 Å². The molecule has 0 N–H and O–H groups in total. The van der Waals surface area contributed by atoms with Crippen LogP contribution in [0, 0.1) is 0 Å². The monoisotopic (exact) mass is 246 g/mol. The Hall–Kier alpha value is -0.540. The summed E-state index contributed by atoms with van der Waals surface area (Å²) < 4.78 is 5.53. The van der Waals surface area contributed by atoms with Gasteiger partial charge < -0.3 is 4.74 Å². The number of rotatable bonds is 0. The zero-order valence-electron chi connectivity index (χ0n) is 5.93. The molecule has 0 atom stereocenters. The standard InChI is InChI=1S/C8H4BrClO2/c9-6-2-5(10)1-4-3-12-8(11)7(4)6/h1-2H,3H2. The molecular formula is C8H4BrClO2. The molecule has 1 aromatic carbocycles. The first kappa shape index (κ1) is 8.08. The number of carbonyl (C=O) groups excluding carboxylic acids is 1. The first-order valence-corrected chi connectivity index (χ1v) is 4.50. The Labute approximate surface area is 82.6 Å². The average Bonchev–Trinajstić information content (AvgIpc) is 2.31. The van der Waals surface area contributed by atoms with E-state index in [0.29, 0.717) is 21.7 Å². The molecule has 0 radical (unpaired) electrons. The molecule has 0 amide bonds. The number of benzene rings is 1. The van der Waals surface area contributed by atoms with E-state index in [4.69, 9.17) is 16.3 Å². The van der Waals surface area contributed by atoms with Crippen molar-refractivity contribution in [3.8, 4) is 0 Å². The van der Waals surface area contributed by atoms with E-state index in [9.17, 15) is 4.79 Å². The molecule has 1 aliphatic rings. The highest BCUT2D eigenvalue weighted by Gasteiger charge is 2.24. The van der Waals surface area contributed by atoms with Crippen LogP contribution in [0.4, 0.5) is 0 Å². The van der Waals surface area contributed by atoms with Crippen molar-refractivity contribution in [1.29, 1.82) is 0 Å². The van der Waals surface area contributed by atoms with Gasteiger partial charge in [-0.3, -0.25) is 0 Å². The fourth-order valence-electron chi connectivity index (χ4n) is 1.18.